The predicted molar refractivity (Wildman–Crippen MR) is 75.3 cm³/mol. The van der Waals surface area contributed by atoms with Gasteiger partial charge in [-0.2, -0.15) is 0 Å². The number of sulfonamides is 1. The molecule has 0 spiro atoms. The van der Waals surface area contributed by atoms with Crippen molar-refractivity contribution in [3.63, 3.8) is 0 Å². The smallest absolute Gasteiger partial charge is 0.211 e. The molecule has 2 fully saturated rings. The molecule has 0 unspecified atom stereocenters. The maximum atomic E-state index is 12.2. The molecule has 0 radical (unpaired) electrons. The van der Waals surface area contributed by atoms with Crippen molar-refractivity contribution in [3.05, 3.63) is 29.8 Å². The van der Waals surface area contributed by atoms with Gasteiger partial charge in [0.2, 0.25) is 10.0 Å². The van der Waals surface area contributed by atoms with Gasteiger partial charge >= 0.3 is 0 Å². The summed E-state index contributed by atoms with van der Waals surface area (Å²) in [5.74, 6) is 2.17. The SMILES string of the molecule is Cc1ccc(S(=O)(=O)NC[C@@H]2C[C@H]3CC[C@H]2C3)cc1. The first-order valence-corrected chi connectivity index (χ1v) is 8.59. The topological polar surface area (TPSA) is 46.2 Å². The summed E-state index contributed by atoms with van der Waals surface area (Å²) in [5.41, 5.74) is 1.08. The van der Waals surface area contributed by atoms with Crippen LogP contribution in [0.5, 0.6) is 0 Å². The first-order chi connectivity index (χ1) is 9.04. The normalized spacial score (nSPS) is 29.8. The number of nitrogens with one attached hydrogen (secondary N) is 1. The molecule has 4 heteroatoms. The third-order valence-corrected chi connectivity index (χ3v) is 6.19. The van der Waals surface area contributed by atoms with Gasteiger partial charge < -0.3 is 0 Å². The highest BCUT2D eigenvalue weighted by Crippen LogP contribution is 2.48. The number of benzene rings is 1. The summed E-state index contributed by atoms with van der Waals surface area (Å²) in [6.07, 6.45) is 5.17. The second-order valence-corrected chi connectivity index (χ2v) is 7.87. The summed E-state index contributed by atoms with van der Waals surface area (Å²) in [6.45, 7) is 2.57. The second-order valence-electron chi connectivity index (χ2n) is 6.10. The fourth-order valence-electron chi connectivity index (χ4n) is 3.64. The van der Waals surface area contributed by atoms with Crippen LogP contribution in [0, 0.1) is 24.7 Å². The molecule has 3 nitrogen and oxygen atoms in total. The summed E-state index contributed by atoms with van der Waals surface area (Å²) in [7, 11) is -3.33. The summed E-state index contributed by atoms with van der Waals surface area (Å²) >= 11 is 0. The first-order valence-electron chi connectivity index (χ1n) is 7.11. The van der Waals surface area contributed by atoms with Gasteiger partial charge in [0.05, 0.1) is 4.90 Å². The van der Waals surface area contributed by atoms with E-state index >= 15 is 0 Å². The largest absolute Gasteiger partial charge is 0.240 e. The van der Waals surface area contributed by atoms with E-state index < -0.39 is 10.0 Å². The van der Waals surface area contributed by atoms with Crippen LogP contribution < -0.4 is 4.72 Å². The molecule has 19 heavy (non-hydrogen) atoms. The number of rotatable bonds is 4. The fraction of sp³-hybridized carbons (Fsp3) is 0.600. The summed E-state index contributed by atoms with van der Waals surface area (Å²) in [4.78, 5) is 0.376. The Kier molecular flexibility index (Phi) is 3.39. The standard InChI is InChI=1S/C15H21NO2S/c1-11-2-6-15(7-3-11)19(17,18)16-10-14-9-12-4-5-13(14)8-12/h2-3,6-7,12-14,16H,4-5,8-10H2,1H3/t12-,13-,14-/m0/s1. The monoisotopic (exact) mass is 279 g/mol. The average Bonchev–Trinajstić information content (AvgIpc) is 2.99. The first kappa shape index (κ1) is 13.1. The van der Waals surface area contributed by atoms with E-state index in [0.29, 0.717) is 17.4 Å². The van der Waals surface area contributed by atoms with E-state index in [9.17, 15) is 8.42 Å². The van der Waals surface area contributed by atoms with E-state index in [4.69, 9.17) is 0 Å². The molecule has 2 aliphatic carbocycles. The third-order valence-electron chi connectivity index (χ3n) is 4.75. The molecule has 1 aromatic rings. The zero-order valence-electron chi connectivity index (χ0n) is 11.3. The lowest BCUT2D eigenvalue weighted by Gasteiger charge is -2.21. The van der Waals surface area contributed by atoms with E-state index in [-0.39, 0.29) is 0 Å². The van der Waals surface area contributed by atoms with Crippen LogP contribution in [0.2, 0.25) is 0 Å². The minimum atomic E-state index is -3.33. The molecule has 3 rings (SSSR count). The molecule has 0 aromatic heterocycles. The highest BCUT2D eigenvalue weighted by atomic mass is 32.2. The quantitative estimate of drug-likeness (QED) is 0.921. The van der Waals surface area contributed by atoms with Gasteiger partial charge in [-0.15, -0.1) is 0 Å². The Morgan fingerprint density at radius 1 is 1.16 bits per heavy atom. The minimum Gasteiger partial charge on any atom is -0.211 e. The molecule has 0 heterocycles. The highest BCUT2D eigenvalue weighted by molar-refractivity contribution is 7.89. The number of fused-ring (bicyclic) bond motifs is 2. The minimum absolute atomic E-state index is 0.376. The van der Waals surface area contributed by atoms with Crippen molar-refractivity contribution in [1.29, 1.82) is 0 Å². The lowest BCUT2D eigenvalue weighted by Crippen LogP contribution is -2.31. The second kappa shape index (κ2) is 4.91. The van der Waals surface area contributed by atoms with Crippen molar-refractivity contribution in [2.45, 2.75) is 37.5 Å². The van der Waals surface area contributed by atoms with Crippen LogP contribution in [-0.4, -0.2) is 15.0 Å². The van der Waals surface area contributed by atoms with Gasteiger partial charge in [-0.3, -0.25) is 0 Å². The lowest BCUT2D eigenvalue weighted by molar-refractivity contribution is 0.333. The summed E-state index contributed by atoms with van der Waals surface area (Å²) < 4.78 is 27.2. The van der Waals surface area contributed by atoms with E-state index in [1.165, 1.54) is 25.7 Å². The van der Waals surface area contributed by atoms with Crippen LogP contribution in [0.3, 0.4) is 0 Å². The molecule has 3 atom stereocenters. The molecule has 0 saturated heterocycles. The maximum absolute atomic E-state index is 12.2. The highest BCUT2D eigenvalue weighted by Gasteiger charge is 2.39. The van der Waals surface area contributed by atoms with Crippen LogP contribution in [0.4, 0.5) is 0 Å². The number of hydrogen-bond donors (Lipinski definition) is 1. The Balaban J connectivity index is 1.64. The molecule has 2 aliphatic rings. The van der Waals surface area contributed by atoms with Crippen LogP contribution in [0.1, 0.15) is 31.2 Å². The van der Waals surface area contributed by atoms with Crippen molar-refractivity contribution in [2.24, 2.45) is 17.8 Å². The molecule has 1 N–H and O–H groups in total. The van der Waals surface area contributed by atoms with Crippen molar-refractivity contribution >= 4 is 10.0 Å². The number of hydrogen-bond acceptors (Lipinski definition) is 2. The lowest BCUT2D eigenvalue weighted by atomic mass is 9.89. The Labute approximate surface area is 115 Å². The molecule has 0 amide bonds. The zero-order valence-corrected chi connectivity index (χ0v) is 12.1. The fourth-order valence-corrected chi connectivity index (χ4v) is 4.74. The predicted octanol–water partition coefficient (Wildman–Crippen LogP) is 2.71. The van der Waals surface area contributed by atoms with Gasteiger partial charge in [-0.25, -0.2) is 13.1 Å². The molecular weight excluding hydrogens is 258 g/mol. The van der Waals surface area contributed by atoms with E-state index in [2.05, 4.69) is 4.72 Å². The Bertz CT molecular complexity index is 550. The molecular formula is C15H21NO2S. The molecule has 104 valence electrons. The van der Waals surface area contributed by atoms with Gasteiger partial charge in [-0.05, 0) is 56.1 Å². The van der Waals surface area contributed by atoms with Gasteiger partial charge in [0.25, 0.3) is 0 Å². The molecule has 0 aliphatic heterocycles. The van der Waals surface area contributed by atoms with Crippen LogP contribution in [0.15, 0.2) is 29.2 Å². The van der Waals surface area contributed by atoms with Crippen LogP contribution >= 0.6 is 0 Å². The third kappa shape index (κ3) is 2.70. The number of aryl methyl sites for hydroxylation is 1. The Morgan fingerprint density at radius 3 is 2.47 bits per heavy atom. The van der Waals surface area contributed by atoms with Crippen molar-refractivity contribution in [1.82, 2.24) is 4.72 Å². The van der Waals surface area contributed by atoms with Crippen molar-refractivity contribution in [3.8, 4) is 0 Å². The van der Waals surface area contributed by atoms with Gasteiger partial charge in [0.15, 0.2) is 0 Å². The summed E-state index contributed by atoms with van der Waals surface area (Å²) in [6, 6.07) is 7.04. The van der Waals surface area contributed by atoms with Crippen LogP contribution in [0.25, 0.3) is 0 Å². The Morgan fingerprint density at radius 2 is 1.89 bits per heavy atom. The summed E-state index contributed by atoms with van der Waals surface area (Å²) in [5, 5.41) is 0. The van der Waals surface area contributed by atoms with E-state index in [1.807, 2.05) is 19.1 Å². The van der Waals surface area contributed by atoms with Gasteiger partial charge in [0.1, 0.15) is 0 Å². The molecule has 2 saturated carbocycles. The van der Waals surface area contributed by atoms with Crippen LogP contribution in [-0.2, 0) is 10.0 Å². The zero-order chi connectivity index (χ0) is 13.5. The molecule has 1 aromatic carbocycles. The maximum Gasteiger partial charge on any atom is 0.240 e. The van der Waals surface area contributed by atoms with Gasteiger partial charge in [-0.1, -0.05) is 24.1 Å². The van der Waals surface area contributed by atoms with E-state index in [0.717, 1.165) is 17.4 Å². The average molecular weight is 279 g/mol. The molecule has 2 bridgehead atoms. The van der Waals surface area contributed by atoms with Crippen molar-refractivity contribution < 1.29 is 8.42 Å². The van der Waals surface area contributed by atoms with Gasteiger partial charge in [0, 0.05) is 6.54 Å². The Hall–Kier alpha value is -0.870. The van der Waals surface area contributed by atoms with Crippen molar-refractivity contribution in [2.75, 3.05) is 6.54 Å². The van der Waals surface area contributed by atoms with E-state index in [1.54, 1.807) is 12.1 Å².